The number of furan rings is 1. The van der Waals surface area contributed by atoms with Crippen molar-refractivity contribution >= 4 is 23.0 Å². The number of aromatic nitrogens is 1. The van der Waals surface area contributed by atoms with E-state index in [0.29, 0.717) is 17.5 Å². The normalized spacial score (nSPS) is 9.83. The molecule has 0 aliphatic rings. The van der Waals surface area contributed by atoms with Gasteiger partial charge in [0.1, 0.15) is 11.4 Å². The third kappa shape index (κ3) is 3.21. The molecule has 0 aromatic carbocycles. The van der Waals surface area contributed by atoms with Crippen LogP contribution in [-0.4, -0.2) is 17.2 Å². The van der Waals surface area contributed by atoms with Gasteiger partial charge in [-0.2, -0.15) is 0 Å². The smallest absolute Gasteiger partial charge is 0.237 e. The molecule has 0 saturated carbocycles. The van der Waals surface area contributed by atoms with E-state index in [9.17, 15) is 0 Å². The Morgan fingerprint density at radius 2 is 2.33 bits per heavy atom. The van der Waals surface area contributed by atoms with Crippen LogP contribution in [0.3, 0.4) is 0 Å². The molecule has 0 amide bonds. The van der Waals surface area contributed by atoms with Gasteiger partial charge in [-0.3, -0.25) is 0 Å². The van der Waals surface area contributed by atoms with Crippen molar-refractivity contribution in [3.8, 4) is 5.88 Å². The Morgan fingerprint density at radius 1 is 1.44 bits per heavy atom. The molecule has 0 spiro atoms. The summed E-state index contributed by atoms with van der Waals surface area (Å²) in [7, 11) is 1.56. The van der Waals surface area contributed by atoms with Crippen LogP contribution < -0.4 is 15.4 Å². The van der Waals surface area contributed by atoms with Gasteiger partial charge in [-0.1, -0.05) is 0 Å². The van der Waals surface area contributed by atoms with Crippen molar-refractivity contribution in [2.75, 3.05) is 12.4 Å². The Bertz CT molecular complexity index is 514. The van der Waals surface area contributed by atoms with E-state index in [0.717, 1.165) is 11.4 Å². The first kappa shape index (κ1) is 12.4. The molecule has 0 atom stereocenters. The largest absolute Gasteiger partial charge is 0.480 e. The van der Waals surface area contributed by atoms with Crippen LogP contribution in [0.15, 0.2) is 41.1 Å². The van der Waals surface area contributed by atoms with E-state index in [-0.39, 0.29) is 0 Å². The Morgan fingerprint density at radius 3 is 3.06 bits per heavy atom. The van der Waals surface area contributed by atoms with Crippen LogP contribution in [0.4, 0.5) is 5.69 Å². The zero-order valence-corrected chi connectivity index (χ0v) is 10.7. The maximum absolute atomic E-state index is 5.19. The monoisotopic (exact) mass is 263 g/mol. The highest BCUT2D eigenvalue weighted by Gasteiger charge is 2.05. The maximum atomic E-state index is 5.19. The molecule has 2 aromatic rings. The van der Waals surface area contributed by atoms with Crippen LogP contribution >= 0.6 is 12.2 Å². The molecule has 2 aromatic heterocycles. The third-order valence-corrected chi connectivity index (χ3v) is 2.46. The van der Waals surface area contributed by atoms with Crippen molar-refractivity contribution in [1.82, 2.24) is 10.3 Å². The number of hydrogen-bond donors (Lipinski definition) is 2. The number of thiocarbonyl (C=S) groups is 1. The third-order valence-electron chi connectivity index (χ3n) is 2.22. The quantitative estimate of drug-likeness (QED) is 0.824. The number of pyridine rings is 1. The maximum Gasteiger partial charge on any atom is 0.237 e. The van der Waals surface area contributed by atoms with E-state index in [1.165, 1.54) is 0 Å². The van der Waals surface area contributed by atoms with Gasteiger partial charge in [0, 0.05) is 6.20 Å². The molecule has 0 saturated heterocycles. The number of rotatable bonds is 4. The van der Waals surface area contributed by atoms with Crippen molar-refractivity contribution in [3.63, 3.8) is 0 Å². The summed E-state index contributed by atoms with van der Waals surface area (Å²) in [6, 6.07) is 7.35. The van der Waals surface area contributed by atoms with Crippen molar-refractivity contribution in [3.05, 3.63) is 42.5 Å². The summed E-state index contributed by atoms with van der Waals surface area (Å²) in [6.45, 7) is 0.529. The predicted octanol–water partition coefficient (Wildman–Crippen LogP) is 2.17. The molecule has 2 rings (SSSR count). The number of hydrogen-bond acceptors (Lipinski definition) is 4. The lowest BCUT2D eigenvalue weighted by molar-refractivity contribution is 0.400. The molecular formula is C12H13N3O2S. The van der Waals surface area contributed by atoms with Gasteiger partial charge >= 0.3 is 0 Å². The van der Waals surface area contributed by atoms with E-state index in [2.05, 4.69) is 15.6 Å². The van der Waals surface area contributed by atoms with Crippen molar-refractivity contribution in [2.45, 2.75) is 6.54 Å². The zero-order chi connectivity index (χ0) is 12.8. The van der Waals surface area contributed by atoms with Gasteiger partial charge in [-0.25, -0.2) is 4.98 Å². The minimum atomic E-state index is 0.484. The average Bonchev–Trinajstić information content (AvgIpc) is 2.90. The standard InChI is InChI=1S/C12H13N3O2S/c1-16-11-10(5-2-6-13-11)15-12(18)14-8-9-4-3-7-17-9/h2-7H,8H2,1H3,(H2,14,15,18). The van der Waals surface area contributed by atoms with Crippen LogP contribution in [0.2, 0.25) is 0 Å². The van der Waals surface area contributed by atoms with Crippen LogP contribution in [0, 0.1) is 0 Å². The van der Waals surface area contributed by atoms with E-state index >= 15 is 0 Å². The SMILES string of the molecule is COc1ncccc1NC(=S)NCc1ccco1. The molecule has 2 N–H and O–H groups in total. The second kappa shape index (κ2) is 6.02. The second-order valence-electron chi connectivity index (χ2n) is 3.45. The Kier molecular flexibility index (Phi) is 4.14. The predicted molar refractivity (Wildman–Crippen MR) is 72.6 cm³/mol. The first-order valence-electron chi connectivity index (χ1n) is 5.36. The highest BCUT2D eigenvalue weighted by Crippen LogP contribution is 2.19. The van der Waals surface area contributed by atoms with E-state index in [4.69, 9.17) is 21.4 Å². The lowest BCUT2D eigenvalue weighted by Crippen LogP contribution is -2.27. The Balaban J connectivity index is 1.90. The van der Waals surface area contributed by atoms with E-state index in [1.54, 1.807) is 25.6 Å². The van der Waals surface area contributed by atoms with Crippen molar-refractivity contribution < 1.29 is 9.15 Å². The fraction of sp³-hybridized carbons (Fsp3) is 0.167. The van der Waals surface area contributed by atoms with Gasteiger partial charge < -0.3 is 19.8 Å². The number of ether oxygens (including phenoxy) is 1. The molecule has 0 aliphatic heterocycles. The van der Waals surface area contributed by atoms with Gasteiger partial charge in [0.15, 0.2) is 5.11 Å². The van der Waals surface area contributed by atoms with Crippen LogP contribution in [0.25, 0.3) is 0 Å². The topological polar surface area (TPSA) is 59.3 Å². The first-order valence-corrected chi connectivity index (χ1v) is 5.76. The van der Waals surface area contributed by atoms with Gasteiger partial charge in [-0.15, -0.1) is 0 Å². The molecule has 0 radical (unpaired) electrons. The van der Waals surface area contributed by atoms with Crippen molar-refractivity contribution in [2.24, 2.45) is 0 Å². The van der Waals surface area contributed by atoms with Crippen molar-refractivity contribution in [1.29, 1.82) is 0 Å². The fourth-order valence-electron chi connectivity index (χ4n) is 1.40. The number of nitrogens with zero attached hydrogens (tertiary/aromatic N) is 1. The number of anilines is 1. The molecule has 0 aliphatic carbocycles. The molecule has 94 valence electrons. The zero-order valence-electron chi connectivity index (χ0n) is 9.84. The van der Waals surface area contributed by atoms with Gasteiger partial charge in [-0.05, 0) is 36.5 Å². The fourth-order valence-corrected chi connectivity index (χ4v) is 1.58. The summed E-state index contributed by atoms with van der Waals surface area (Å²) in [5.74, 6) is 1.32. The summed E-state index contributed by atoms with van der Waals surface area (Å²) in [5.41, 5.74) is 0.719. The molecule has 0 bridgehead atoms. The first-order chi connectivity index (χ1) is 8.79. The minimum absolute atomic E-state index is 0.484. The second-order valence-corrected chi connectivity index (χ2v) is 3.86. The molecule has 0 unspecified atom stereocenters. The summed E-state index contributed by atoms with van der Waals surface area (Å²) in [4.78, 5) is 4.07. The summed E-state index contributed by atoms with van der Waals surface area (Å²) in [6.07, 6.45) is 3.28. The molecule has 18 heavy (non-hydrogen) atoms. The lowest BCUT2D eigenvalue weighted by Gasteiger charge is -2.11. The van der Waals surface area contributed by atoms with Crippen LogP contribution in [0.1, 0.15) is 5.76 Å². The van der Waals surface area contributed by atoms with Gasteiger partial charge in [0.05, 0.1) is 19.9 Å². The minimum Gasteiger partial charge on any atom is -0.480 e. The molecular weight excluding hydrogens is 250 g/mol. The van der Waals surface area contributed by atoms with Crippen LogP contribution in [0.5, 0.6) is 5.88 Å². The van der Waals surface area contributed by atoms with Crippen LogP contribution in [-0.2, 0) is 6.54 Å². The lowest BCUT2D eigenvalue weighted by atomic mass is 10.4. The molecule has 5 nitrogen and oxygen atoms in total. The molecule has 2 heterocycles. The Labute approximate surface area is 110 Å². The average molecular weight is 263 g/mol. The highest BCUT2D eigenvalue weighted by atomic mass is 32.1. The van der Waals surface area contributed by atoms with E-state index in [1.807, 2.05) is 18.2 Å². The Hall–Kier alpha value is -2.08. The molecule has 0 fully saturated rings. The number of methoxy groups -OCH3 is 1. The summed E-state index contributed by atoms with van der Waals surface area (Å²) >= 11 is 5.17. The van der Waals surface area contributed by atoms with Gasteiger partial charge in [0.25, 0.3) is 0 Å². The van der Waals surface area contributed by atoms with E-state index < -0.39 is 0 Å². The summed E-state index contributed by atoms with van der Waals surface area (Å²) in [5, 5.41) is 6.53. The summed E-state index contributed by atoms with van der Waals surface area (Å²) < 4.78 is 10.3. The van der Waals surface area contributed by atoms with Gasteiger partial charge in [0.2, 0.25) is 5.88 Å². The molecule has 6 heteroatoms. The number of nitrogens with one attached hydrogen (secondary N) is 2. The highest BCUT2D eigenvalue weighted by molar-refractivity contribution is 7.80.